The molecule has 0 spiro atoms. The Morgan fingerprint density at radius 1 is 1.57 bits per heavy atom. The van der Waals surface area contributed by atoms with E-state index in [1.165, 1.54) is 0 Å². The second-order valence-electron chi connectivity index (χ2n) is 5.56. The number of benzene rings is 1. The molecule has 21 heavy (non-hydrogen) atoms. The van der Waals surface area contributed by atoms with Gasteiger partial charge in [-0.25, -0.2) is 0 Å². The summed E-state index contributed by atoms with van der Waals surface area (Å²) < 4.78 is 6.13. The number of methoxy groups -OCH3 is 1. The third-order valence-electron chi connectivity index (χ3n) is 4.31. The highest BCUT2D eigenvalue weighted by Gasteiger charge is 2.39. The van der Waals surface area contributed by atoms with E-state index in [-0.39, 0.29) is 11.9 Å². The van der Waals surface area contributed by atoms with Gasteiger partial charge in [-0.15, -0.1) is 0 Å². The van der Waals surface area contributed by atoms with Gasteiger partial charge < -0.3 is 15.4 Å². The van der Waals surface area contributed by atoms with Crippen molar-refractivity contribution in [2.75, 3.05) is 13.7 Å². The molecule has 0 saturated carbocycles. The summed E-state index contributed by atoms with van der Waals surface area (Å²) in [5.74, 6) is 0.890. The summed E-state index contributed by atoms with van der Waals surface area (Å²) in [6.07, 6.45) is 2.79. The van der Waals surface area contributed by atoms with Crippen molar-refractivity contribution in [2.45, 2.75) is 44.7 Å². The normalized spacial score (nSPS) is 22.9. The summed E-state index contributed by atoms with van der Waals surface area (Å²) in [5.41, 5.74) is 0.665. The molecule has 2 N–H and O–H groups in total. The Kier molecular flexibility index (Phi) is 5.27. The summed E-state index contributed by atoms with van der Waals surface area (Å²) in [5, 5.41) is 6.50. The average Bonchev–Trinajstić information content (AvgIpc) is 2.97. The number of carbonyl (C=O) groups excluding carboxylic acids is 1. The van der Waals surface area contributed by atoms with Crippen LogP contribution in [-0.4, -0.2) is 25.1 Å². The lowest BCUT2D eigenvalue weighted by molar-refractivity contribution is -0.128. The molecule has 1 saturated heterocycles. The lowest BCUT2D eigenvalue weighted by Gasteiger charge is -2.29. The molecule has 0 aromatic heterocycles. The molecular formula is C16H23BrN2O2. The van der Waals surface area contributed by atoms with E-state index in [1.54, 1.807) is 7.11 Å². The van der Waals surface area contributed by atoms with E-state index >= 15 is 0 Å². The van der Waals surface area contributed by atoms with Gasteiger partial charge >= 0.3 is 0 Å². The van der Waals surface area contributed by atoms with E-state index in [0.717, 1.165) is 41.6 Å². The van der Waals surface area contributed by atoms with Gasteiger partial charge in [-0.05, 0) is 66.4 Å². The second-order valence-corrected chi connectivity index (χ2v) is 6.41. The maximum atomic E-state index is 12.6. The van der Waals surface area contributed by atoms with E-state index in [4.69, 9.17) is 4.74 Å². The summed E-state index contributed by atoms with van der Waals surface area (Å²) >= 11 is 3.48. The molecule has 0 aliphatic carbocycles. The Hall–Kier alpha value is -1.07. The molecule has 2 rings (SSSR count). The molecule has 0 bridgehead atoms. The van der Waals surface area contributed by atoms with Crippen LogP contribution in [0, 0.1) is 0 Å². The molecule has 1 heterocycles. The smallest absolute Gasteiger partial charge is 0.240 e. The Balaban J connectivity index is 2.08. The van der Waals surface area contributed by atoms with Gasteiger partial charge in [-0.2, -0.15) is 0 Å². The van der Waals surface area contributed by atoms with Crippen molar-refractivity contribution in [3.63, 3.8) is 0 Å². The molecule has 1 amide bonds. The summed E-state index contributed by atoms with van der Waals surface area (Å²) in [6, 6.07) is 5.84. The molecule has 1 aliphatic heterocycles. The van der Waals surface area contributed by atoms with Crippen LogP contribution in [0.3, 0.4) is 0 Å². The predicted molar refractivity (Wildman–Crippen MR) is 87.5 cm³/mol. The van der Waals surface area contributed by atoms with Crippen molar-refractivity contribution in [2.24, 2.45) is 0 Å². The van der Waals surface area contributed by atoms with E-state index in [1.807, 2.05) is 25.1 Å². The Morgan fingerprint density at radius 2 is 2.33 bits per heavy atom. The first-order valence-corrected chi connectivity index (χ1v) is 8.21. The lowest BCUT2D eigenvalue weighted by atomic mass is 9.92. The number of ether oxygens (including phenoxy) is 1. The third-order valence-corrected chi connectivity index (χ3v) is 4.93. The minimum atomic E-state index is -0.391. The Bertz CT molecular complexity index is 513. The second kappa shape index (κ2) is 6.79. The van der Waals surface area contributed by atoms with Crippen molar-refractivity contribution < 1.29 is 9.53 Å². The fraction of sp³-hybridized carbons (Fsp3) is 0.562. The molecule has 4 nitrogen and oxygen atoms in total. The highest BCUT2D eigenvalue weighted by molar-refractivity contribution is 9.10. The van der Waals surface area contributed by atoms with Crippen LogP contribution in [0.2, 0.25) is 0 Å². The van der Waals surface area contributed by atoms with Gasteiger partial charge in [0.05, 0.1) is 23.2 Å². The molecule has 1 aromatic carbocycles. The SMILES string of the molecule is CCC1(C(=O)NC(C)c2ccc(OC)c(Br)c2)CCCN1. The first-order chi connectivity index (χ1) is 10.0. The summed E-state index contributed by atoms with van der Waals surface area (Å²) in [6.45, 7) is 4.99. The molecule has 5 heteroatoms. The van der Waals surface area contributed by atoms with Crippen LogP contribution in [0.4, 0.5) is 0 Å². The summed E-state index contributed by atoms with van der Waals surface area (Å²) in [7, 11) is 1.64. The van der Waals surface area contributed by atoms with Crippen LogP contribution in [0.25, 0.3) is 0 Å². The van der Waals surface area contributed by atoms with Crippen molar-refractivity contribution in [1.29, 1.82) is 0 Å². The van der Waals surface area contributed by atoms with Gasteiger partial charge in [0.2, 0.25) is 5.91 Å². The van der Waals surface area contributed by atoms with Gasteiger partial charge in [-0.1, -0.05) is 13.0 Å². The maximum Gasteiger partial charge on any atom is 0.240 e. The third kappa shape index (κ3) is 3.40. The minimum absolute atomic E-state index is 0.0365. The van der Waals surface area contributed by atoms with Crippen molar-refractivity contribution in [3.05, 3.63) is 28.2 Å². The first-order valence-electron chi connectivity index (χ1n) is 7.42. The quantitative estimate of drug-likeness (QED) is 0.853. The average molecular weight is 355 g/mol. The number of rotatable bonds is 5. The molecule has 2 unspecified atom stereocenters. The van der Waals surface area contributed by atoms with Crippen LogP contribution in [-0.2, 0) is 4.79 Å². The largest absolute Gasteiger partial charge is 0.496 e. The van der Waals surface area contributed by atoms with Gasteiger partial charge in [0, 0.05) is 0 Å². The number of hydrogen-bond donors (Lipinski definition) is 2. The maximum absolute atomic E-state index is 12.6. The minimum Gasteiger partial charge on any atom is -0.496 e. The first kappa shape index (κ1) is 16.3. The van der Waals surface area contributed by atoms with E-state index in [0.29, 0.717) is 0 Å². The van der Waals surface area contributed by atoms with E-state index < -0.39 is 5.54 Å². The van der Waals surface area contributed by atoms with E-state index in [2.05, 4.69) is 33.5 Å². The topological polar surface area (TPSA) is 50.4 Å². The highest BCUT2D eigenvalue weighted by atomic mass is 79.9. The van der Waals surface area contributed by atoms with Crippen LogP contribution < -0.4 is 15.4 Å². The molecule has 116 valence electrons. The Labute approximate surface area is 134 Å². The van der Waals surface area contributed by atoms with Gasteiger partial charge in [0.25, 0.3) is 0 Å². The number of carbonyl (C=O) groups is 1. The fourth-order valence-electron chi connectivity index (χ4n) is 2.83. The number of hydrogen-bond acceptors (Lipinski definition) is 3. The van der Waals surface area contributed by atoms with Crippen molar-refractivity contribution >= 4 is 21.8 Å². The van der Waals surface area contributed by atoms with Gasteiger partial charge in [0.1, 0.15) is 5.75 Å². The highest BCUT2D eigenvalue weighted by Crippen LogP contribution is 2.29. The predicted octanol–water partition coefficient (Wildman–Crippen LogP) is 3.17. The monoisotopic (exact) mass is 354 g/mol. The van der Waals surface area contributed by atoms with Crippen LogP contribution >= 0.6 is 15.9 Å². The van der Waals surface area contributed by atoms with E-state index in [9.17, 15) is 4.79 Å². The summed E-state index contributed by atoms with van der Waals surface area (Å²) in [4.78, 5) is 12.6. The Morgan fingerprint density at radius 3 is 2.86 bits per heavy atom. The van der Waals surface area contributed by atoms with Crippen molar-refractivity contribution in [3.8, 4) is 5.75 Å². The zero-order chi connectivity index (χ0) is 15.5. The number of amides is 1. The fourth-order valence-corrected chi connectivity index (χ4v) is 3.39. The van der Waals surface area contributed by atoms with Crippen molar-refractivity contribution in [1.82, 2.24) is 10.6 Å². The molecular weight excluding hydrogens is 332 g/mol. The van der Waals surface area contributed by atoms with Gasteiger partial charge in [-0.3, -0.25) is 4.79 Å². The van der Waals surface area contributed by atoms with Crippen LogP contribution in [0.5, 0.6) is 5.75 Å². The van der Waals surface area contributed by atoms with Crippen LogP contribution in [0.1, 0.15) is 44.7 Å². The molecule has 1 aliphatic rings. The zero-order valence-electron chi connectivity index (χ0n) is 12.8. The number of halogens is 1. The molecule has 0 radical (unpaired) electrons. The molecule has 1 aromatic rings. The van der Waals surface area contributed by atoms with Crippen LogP contribution in [0.15, 0.2) is 22.7 Å². The zero-order valence-corrected chi connectivity index (χ0v) is 14.4. The molecule has 1 fully saturated rings. The van der Waals surface area contributed by atoms with Gasteiger partial charge in [0.15, 0.2) is 0 Å². The molecule has 2 atom stereocenters. The lowest BCUT2D eigenvalue weighted by Crippen LogP contribution is -2.53. The standard InChI is InChI=1S/C16H23BrN2O2/c1-4-16(8-5-9-18-16)15(20)19-11(2)12-6-7-14(21-3)13(17)10-12/h6-7,10-11,18H,4-5,8-9H2,1-3H3,(H,19,20). The number of nitrogens with one attached hydrogen (secondary N) is 2.